The number of nitrogens with one attached hydrogen (secondary N) is 1. The van der Waals surface area contributed by atoms with Gasteiger partial charge in [0.15, 0.2) is 17.3 Å². The Morgan fingerprint density at radius 2 is 1.81 bits per heavy atom. The molecule has 0 amide bonds. The molecule has 1 aromatic carbocycles. The second-order valence-electron chi connectivity index (χ2n) is 8.61. The highest BCUT2D eigenvalue weighted by Gasteiger charge is 2.34. The van der Waals surface area contributed by atoms with Crippen LogP contribution >= 0.6 is 11.8 Å². The van der Waals surface area contributed by atoms with Crippen LogP contribution in [0.2, 0.25) is 0 Å². The zero-order valence-electron chi connectivity index (χ0n) is 17.8. The van der Waals surface area contributed by atoms with Crippen LogP contribution in [0.1, 0.15) is 49.2 Å². The van der Waals surface area contributed by atoms with E-state index in [4.69, 9.17) is 9.47 Å². The van der Waals surface area contributed by atoms with Gasteiger partial charge in [0.1, 0.15) is 19.3 Å². The van der Waals surface area contributed by atoms with Gasteiger partial charge in [-0.15, -0.1) is 5.10 Å². The monoisotopic (exact) mass is 454 g/mol. The van der Waals surface area contributed by atoms with E-state index in [1.165, 1.54) is 12.8 Å². The van der Waals surface area contributed by atoms with Crippen LogP contribution in [0.5, 0.6) is 11.5 Å². The van der Waals surface area contributed by atoms with Crippen molar-refractivity contribution in [1.29, 1.82) is 0 Å². The maximum absolute atomic E-state index is 13.4. The smallest absolute Gasteiger partial charge is 0.253 e. The Morgan fingerprint density at radius 1 is 1.06 bits per heavy atom. The van der Waals surface area contributed by atoms with Crippen LogP contribution in [0.3, 0.4) is 0 Å². The lowest BCUT2D eigenvalue weighted by Gasteiger charge is -2.34. The highest BCUT2D eigenvalue weighted by molar-refractivity contribution is 7.99. The zero-order chi connectivity index (χ0) is 21.5. The lowest BCUT2D eigenvalue weighted by molar-refractivity contribution is 0.172. The molecule has 10 heteroatoms. The van der Waals surface area contributed by atoms with Crippen molar-refractivity contribution < 1.29 is 9.47 Å². The van der Waals surface area contributed by atoms with Crippen LogP contribution in [0.25, 0.3) is 10.9 Å². The molecule has 168 valence electrons. The topological polar surface area (TPSA) is 98.2 Å². The molecule has 1 atom stereocenters. The molecular formula is C22H26N6O3S. The van der Waals surface area contributed by atoms with Crippen LogP contribution in [0.4, 0.5) is 0 Å². The number of fused-ring (bicyclic) bond motifs is 2. The Labute approximate surface area is 189 Å². The number of thioether (sulfide) groups is 1. The Bertz CT molecular complexity index is 1180. The number of aromatic nitrogens is 5. The highest BCUT2D eigenvalue weighted by Crippen LogP contribution is 2.37. The third-order valence-electron chi connectivity index (χ3n) is 6.67. The van der Waals surface area contributed by atoms with E-state index in [1.54, 1.807) is 0 Å². The standard InChI is InChI=1S/C22H26N6O3S/c29-22-16(11-14-12-18-19(13-17(14)23-22)31-8-7-30-18)20(27-5-9-32-10-6-27)21-24-25-26-28(21)15-3-1-2-4-15/h11-13,15,20H,1-10H2,(H,23,29)/t20-/m0/s1. The second kappa shape index (κ2) is 8.40. The summed E-state index contributed by atoms with van der Waals surface area (Å²) >= 11 is 1.94. The van der Waals surface area contributed by atoms with Crippen molar-refractivity contribution in [1.82, 2.24) is 30.1 Å². The number of hydrogen-bond donors (Lipinski definition) is 1. The number of H-pyrrole nitrogens is 1. The predicted molar refractivity (Wildman–Crippen MR) is 122 cm³/mol. The summed E-state index contributed by atoms with van der Waals surface area (Å²) in [5, 5.41) is 13.8. The van der Waals surface area contributed by atoms with E-state index in [-0.39, 0.29) is 11.6 Å². The number of benzene rings is 1. The number of tetrazole rings is 1. The molecule has 0 bridgehead atoms. The number of rotatable bonds is 4. The van der Waals surface area contributed by atoms with E-state index >= 15 is 0 Å². The highest BCUT2D eigenvalue weighted by atomic mass is 32.2. The minimum atomic E-state index is -0.284. The summed E-state index contributed by atoms with van der Waals surface area (Å²) in [5.41, 5.74) is 1.31. The lowest BCUT2D eigenvalue weighted by Crippen LogP contribution is -2.40. The van der Waals surface area contributed by atoms with Gasteiger partial charge in [0.25, 0.3) is 5.56 Å². The fourth-order valence-electron chi connectivity index (χ4n) is 5.09. The third kappa shape index (κ3) is 3.55. The summed E-state index contributed by atoms with van der Waals surface area (Å²) in [5.74, 6) is 4.22. The van der Waals surface area contributed by atoms with Gasteiger partial charge < -0.3 is 14.5 Å². The molecule has 4 heterocycles. The second-order valence-corrected chi connectivity index (χ2v) is 9.83. The minimum absolute atomic E-state index is 0.113. The summed E-state index contributed by atoms with van der Waals surface area (Å²) in [4.78, 5) is 18.8. The fraction of sp³-hybridized carbons (Fsp3) is 0.545. The summed E-state index contributed by atoms with van der Waals surface area (Å²) < 4.78 is 13.4. The molecule has 0 unspecified atom stereocenters. The van der Waals surface area contributed by atoms with Crippen LogP contribution in [-0.2, 0) is 0 Å². The Kier molecular flexibility index (Phi) is 5.26. The number of nitrogens with zero attached hydrogens (tertiary/aromatic N) is 5. The van der Waals surface area contributed by atoms with E-state index in [2.05, 4.69) is 25.4 Å². The maximum Gasteiger partial charge on any atom is 0.253 e. The first kappa shape index (κ1) is 20.0. The van der Waals surface area contributed by atoms with Crippen molar-refractivity contribution >= 4 is 22.7 Å². The molecular weight excluding hydrogens is 428 g/mol. The fourth-order valence-corrected chi connectivity index (χ4v) is 6.02. The Morgan fingerprint density at radius 3 is 2.59 bits per heavy atom. The Balaban J connectivity index is 1.49. The minimum Gasteiger partial charge on any atom is -0.486 e. The van der Waals surface area contributed by atoms with E-state index in [0.29, 0.717) is 36.3 Å². The van der Waals surface area contributed by atoms with E-state index < -0.39 is 0 Å². The molecule has 1 saturated carbocycles. The molecule has 1 N–H and O–H groups in total. The van der Waals surface area contributed by atoms with Gasteiger partial charge in [-0.2, -0.15) is 11.8 Å². The molecule has 0 radical (unpaired) electrons. The molecule has 2 aliphatic heterocycles. The molecule has 2 fully saturated rings. The normalized spacial score (nSPS) is 20.6. The van der Waals surface area contributed by atoms with Crippen LogP contribution in [-0.4, -0.2) is 67.9 Å². The van der Waals surface area contributed by atoms with Gasteiger partial charge >= 0.3 is 0 Å². The summed E-state index contributed by atoms with van der Waals surface area (Å²) in [6.45, 7) is 2.83. The van der Waals surface area contributed by atoms with Gasteiger partial charge in [-0.05, 0) is 35.4 Å². The molecule has 32 heavy (non-hydrogen) atoms. The van der Waals surface area contributed by atoms with Crippen LogP contribution in [0.15, 0.2) is 23.0 Å². The van der Waals surface area contributed by atoms with E-state index in [9.17, 15) is 4.79 Å². The first-order chi connectivity index (χ1) is 15.8. The molecule has 3 aliphatic rings. The average Bonchev–Trinajstić information content (AvgIpc) is 3.51. The van der Waals surface area contributed by atoms with Gasteiger partial charge in [0.2, 0.25) is 0 Å². The van der Waals surface area contributed by atoms with Crippen molar-refractivity contribution in [2.24, 2.45) is 0 Å². The third-order valence-corrected chi connectivity index (χ3v) is 7.62. The number of aromatic amines is 1. The average molecular weight is 455 g/mol. The summed E-state index contributed by atoms with van der Waals surface area (Å²) in [6.07, 6.45) is 4.55. The SMILES string of the molecule is O=c1[nH]c2cc3c(cc2cc1[C@@H](c1nnnn1C1CCCC1)N1CCSCC1)OCCO3. The van der Waals surface area contributed by atoms with Gasteiger partial charge in [-0.1, -0.05) is 12.8 Å². The molecule has 1 saturated heterocycles. The van der Waals surface area contributed by atoms with Crippen molar-refractivity contribution in [2.75, 3.05) is 37.8 Å². The quantitative estimate of drug-likeness (QED) is 0.642. The lowest BCUT2D eigenvalue weighted by atomic mass is 10.0. The first-order valence-electron chi connectivity index (χ1n) is 11.3. The van der Waals surface area contributed by atoms with Crippen molar-refractivity contribution in [3.63, 3.8) is 0 Å². The van der Waals surface area contributed by atoms with Crippen molar-refractivity contribution in [3.8, 4) is 11.5 Å². The largest absolute Gasteiger partial charge is 0.486 e. The van der Waals surface area contributed by atoms with Crippen molar-refractivity contribution in [2.45, 2.75) is 37.8 Å². The summed E-state index contributed by atoms with van der Waals surface area (Å²) in [7, 11) is 0. The molecule has 9 nitrogen and oxygen atoms in total. The van der Waals surface area contributed by atoms with Gasteiger partial charge in [0, 0.05) is 41.6 Å². The van der Waals surface area contributed by atoms with E-state index in [1.807, 2.05) is 34.6 Å². The van der Waals surface area contributed by atoms with Crippen LogP contribution < -0.4 is 15.0 Å². The number of hydrogen-bond acceptors (Lipinski definition) is 8. The van der Waals surface area contributed by atoms with Crippen LogP contribution in [0, 0.1) is 0 Å². The van der Waals surface area contributed by atoms with Gasteiger partial charge in [-0.25, -0.2) is 4.68 Å². The first-order valence-corrected chi connectivity index (χ1v) is 12.5. The predicted octanol–water partition coefficient (Wildman–Crippen LogP) is 2.54. The molecule has 6 rings (SSSR count). The molecule has 3 aromatic rings. The Hall–Kier alpha value is -2.59. The van der Waals surface area contributed by atoms with E-state index in [0.717, 1.165) is 54.2 Å². The molecule has 1 aliphatic carbocycles. The summed E-state index contributed by atoms with van der Waals surface area (Å²) in [6, 6.07) is 5.80. The molecule has 0 spiro atoms. The zero-order valence-corrected chi connectivity index (χ0v) is 18.6. The van der Waals surface area contributed by atoms with Gasteiger partial charge in [0.05, 0.1) is 11.6 Å². The maximum atomic E-state index is 13.4. The number of ether oxygens (including phenoxy) is 2. The van der Waals surface area contributed by atoms with Crippen molar-refractivity contribution in [3.05, 3.63) is 39.9 Å². The number of pyridine rings is 1. The van der Waals surface area contributed by atoms with Gasteiger partial charge in [-0.3, -0.25) is 9.69 Å². The molecule has 2 aromatic heterocycles.